The summed E-state index contributed by atoms with van der Waals surface area (Å²) < 4.78 is 7.52. The number of hydrogen-bond donors (Lipinski definition) is 0. The lowest BCUT2D eigenvalue weighted by Crippen LogP contribution is -2.24. The first-order valence-electron chi connectivity index (χ1n) is 10.6. The molecule has 1 aliphatic rings. The molecule has 0 unspecified atom stereocenters. The van der Waals surface area contributed by atoms with Crippen molar-refractivity contribution >= 4 is 22.6 Å². The minimum absolute atomic E-state index is 0.0480. The van der Waals surface area contributed by atoms with E-state index in [1.165, 1.54) is 11.1 Å². The molecule has 1 aliphatic heterocycles. The van der Waals surface area contributed by atoms with E-state index in [4.69, 9.17) is 9.72 Å². The molecule has 0 radical (unpaired) electrons. The third kappa shape index (κ3) is 3.67. The summed E-state index contributed by atoms with van der Waals surface area (Å²) in [6.07, 6.45) is 0.461. The number of methoxy groups -OCH3 is 1. The monoisotopic (exact) mass is 411 g/mol. The standard InChI is InChI=1S/C26H25N3O2/c1-18-6-5-7-19(14-18)16-29-24-9-4-3-8-23(24)27-26(29)20-15-25(30)28(17-20)21-10-12-22(31-2)13-11-21/h3-14,20H,15-17H2,1-2H3/t20-/m0/s1. The maximum atomic E-state index is 12.9. The molecule has 0 N–H and O–H groups in total. The quantitative estimate of drug-likeness (QED) is 0.468. The van der Waals surface area contributed by atoms with Crippen molar-refractivity contribution in [2.75, 3.05) is 18.6 Å². The van der Waals surface area contributed by atoms with Crippen LogP contribution in [-0.2, 0) is 11.3 Å². The largest absolute Gasteiger partial charge is 0.497 e. The molecule has 0 saturated carbocycles. The van der Waals surface area contributed by atoms with Gasteiger partial charge in [0.1, 0.15) is 11.6 Å². The Kier molecular flexibility index (Phi) is 4.94. The Hall–Kier alpha value is -3.60. The van der Waals surface area contributed by atoms with E-state index in [0.29, 0.717) is 13.0 Å². The lowest BCUT2D eigenvalue weighted by Gasteiger charge is -2.18. The van der Waals surface area contributed by atoms with E-state index in [1.807, 2.05) is 47.4 Å². The molecular weight excluding hydrogens is 386 g/mol. The zero-order chi connectivity index (χ0) is 21.4. The second kappa shape index (κ2) is 7.91. The van der Waals surface area contributed by atoms with Crippen LogP contribution in [0.4, 0.5) is 5.69 Å². The number of benzene rings is 3. The van der Waals surface area contributed by atoms with Crippen LogP contribution in [0.25, 0.3) is 11.0 Å². The highest BCUT2D eigenvalue weighted by Gasteiger charge is 2.34. The van der Waals surface area contributed by atoms with Gasteiger partial charge < -0.3 is 14.2 Å². The Morgan fingerprint density at radius 1 is 1.03 bits per heavy atom. The van der Waals surface area contributed by atoms with Gasteiger partial charge in [0.2, 0.25) is 5.91 Å². The first-order valence-corrected chi connectivity index (χ1v) is 10.6. The predicted molar refractivity (Wildman–Crippen MR) is 123 cm³/mol. The van der Waals surface area contributed by atoms with Crippen molar-refractivity contribution in [3.8, 4) is 5.75 Å². The van der Waals surface area contributed by atoms with Gasteiger partial charge >= 0.3 is 0 Å². The van der Waals surface area contributed by atoms with Crippen molar-refractivity contribution in [2.45, 2.75) is 25.8 Å². The molecule has 4 aromatic rings. The molecule has 2 heterocycles. The number of aromatic nitrogens is 2. The average molecular weight is 412 g/mol. The van der Waals surface area contributed by atoms with Crippen LogP contribution in [0.3, 0.4) is 0 Å². The highest BCUT2D eigenvalue weighted by atomic mass is 16.5. The number of aryl methyl sites for hydroxylation is 1. The van der Waals surface area contributed by atoms with Crippen LogP contribution in [0, 0.1) is 6.92 Å². The average Bonchev–Trinajstić information content (AvgIpc) is 3.35. The van der Waals surface area contributed by atoms with Crippen LogP contribution >= 0.6 is 0 Å². The fraction of sp³-hybridized carbons (Fsp3) is 0.231. The summed E-state index contributed by atoms with van der Waals surface area (Å²) in [5.41, 5.74) is 5.45. The van der Waals surface area contributed by atoms with E-state index in [9.17, 15) is 4.79 Å². The Bertz CT molecular complexity index is 1240. The molecule has 5 nitrogen and oxygen atoms in total. The number of fused-ring (bicyclic) bond motifs is 1. The van der Waals surface area contributed by atoms with Gasteiger partial charge in [-0.05, 0) is 48.9 Å². The van der Waals surface area contributed by atoms with Gasteiger partial charge in [0.15, 0.2) is 0 Å². The highest BCUT2D eigenvalue weighted by molar-refractivity contribution is 5.96. The topological polar surface area (TPSA) is 47.4 Å². The predicted octanol–water partition coefficient (Wildman–Crippen LogP) is 4.92. The lowest BCUT2D eigenvalue weighted by molar-refractivity contribution is -0.117. The van der Waals surface area contributed by atoms with E-state index in [0.717, 1.165) is 34.8 Å². The molecule has 1 atom stereocenters. The molecule has 0 bridgehead atoms. The number of amides is 1. The zero-order valence-corrected chi connectivity index (χ0v) is 17.8. The van der Waals surface area contributed by atoms with Gasteiger partial charge in [-0.2, -0.15) is 0 Å². The van der Waals surface area contributed by atoms with Gasteiger partial charge in [0.05, 0.1) is 18.1 Å². The fourth-order valence-electron chi connectivity index (χ4n) is 4.46. The van der Waals surface area contributed by atoms with Crippen LogP contribution in [0.1, 0.15) is 29.3 Å². The number of anilines is 1. The van der Waals surface area contributed by atoms with E-state index in [2.05, 4.69) is 41.8 Å². The summed E-state index contributed by atoms with van der Waals surface area (Å²) in [6, 6.07) is 24.4. The van der Waals surface area contributed by atoms with Gasteiger partial charge in [-0.25, -0.2) is 4.98 Å². The molecule has 156 valence electrons. The first kappa shape index (κ1) is 19.4. The summed E-state index contributed by atoms with van der Waals surface area (Å²) in [5, 5.41) is 0. The normalized spacial score (nSPS) is 16.3. The first-order chi connectivity index (χ1) is 15.1. The summed E-state index contributed by atoms with van der Waals surface area (Å²) >= 11 is 0. The smallest absolute Gasteiger partial charge is 0.227 e. The number of ether oxygens (including phenoxy) is 1. The van der Waals surface area contributed by atoms with Crippen molar-refractivity contribution in [1.29, 1.82) is 0 Å². The Balaban J connectivity index is 1.50. The maximum Gasteiger partial charge on any atom is 0.227 e. The molecule has 3 aromatic carbocycles. The Labute approximate surface area is 181 Å². The molecule has 5 heteroatoms. The Morgan fingerprint density at radius 2 is 1.84 bits per heavy atom. The molecule has 1 aromatic heterocycles. The van der Waals surface area contributed by atoms with Crippen LogP contribution in [0.2, 0.25) is 0 Å². The molecule has 31 heavy (non-hydrogen) atoms. The van der Waals surface area contributed by atoms with Gasteiger partial charge in [0, 0.05) is 31.1 Å². The van der Waals surface area contributed by atoms with Gasteiger partial charge in [-0.1, -0.05) is 42.0 Å². The van der Waals surface area contributed by atoms with Crippen molar-refractivity contribution in [1.82, 2.24) is 9.55 Å². The molecule has 1 amide bonds. The number of carbonyl (C=O) groups excluding carboxylic acids is 1. The van der Waals surface area contributed by atoms with Crippen molar-refractivity contribution in [3.63, 3.8) is 0 Å². The van der Waals surface area contributed by atoms with Gasteiger partial charge in [-0.3, -0.25) is 4.79 Å². The molecule has 0 aliphatic carbocycles. The van der Waals surface area contributed by atoms with Gasteiger partial charge in [0.25, 0.3) is 0 Å². The summed E-state index contributed by atoms with van der Waals surface area (Å²) in [4.78, 5) is 19.7. The second-order valence-electron chi connectivity index (χ2n) is 8.14. The third-order valence-corrected chi connectivity index (χ3v) is 5.98. The molecule has 5 rings (SSSR count). The number of para-hydroxylation sites is 2. The SMILES string of the molecule is COc1ccc(N2C[C@@H](c3nc4ccccc4n3Cc3cccc(C)c3)CC2=O)cc1. The minimum atomic E-state index is 0.0480. The Morgan fingerprint density at radius 3 is 2.61 bits per heavy atom. The molecule has 1 saturated heterocycles. The summed E-state index contributed by atoms with van der Waals surface area (Å²) in [6.45, 7) is 3.48. The summed E-state index contributed by atoms with van der Waals surface area (Å²) in [7, 11) is 1.64. The van der Waals surface area contributed by atoms with E-state index < -0.39 is 0 Å². The number of rotatable bonds is 5. The number of hydrogen-bond acceptors (Lipinski definition) is 3. The lowest BCUT2D eigenvalue weighted by atomic mass is 10.1. The molecule has 1 fully saturated rings. The summed E-state index contributed by atoms with van der Waals surface area (Å²) in [5.74, 6) is 1.94. The molecule has 0 spiro atoms. The number of nitrogens with zero attached hydrogens (tertiary/aromatic N) is 3. The van der Waals surface area contributed by atoms with Crippen LogP contribution < -0.4 is 9.64 Å². The number of imidazole rings is 1. The van der Waals surface area contributed by atoms with Crippen LogP contribution in [-0.4, -0.2) is 29.1 Å². The minimum Gasteiger partial charge on any atom is -0.497 e. The van der Waals surface area contributed by atoms with E-state index in [-0.39, 0.29) is 11.8 Å². The van der Waals surface area contributed by atoms with Crippen LogP contribution in [0.5, 0.6) is 5.75 Å². The highest BCUT2D eigenvalue weighted by Crippen LogP contribution is 2.34. The zero-order valence-electron chi connectivity index (χ0n) is 17.8. The number of carbonyl (C=O) groups is 1. The van der Waals surface area contributed by atoms with Crippen molar-refractivity contribution < 1.29 is 9.53 Å². The third-order valence-electron chi connectivity index (χ3n) is 5.98. The van der Waals surface area contributed by atoms with Crippen LogP contribution in [0.15, 0.2) is 72.8 Å². The molecular formula is C26H25N3O2. The van der Waals surface area contributed by atoms with Crippen molar-refractivity contribution in [3.05, 3.63) is 89.7 Å². The maximum absolute atomic E-state index is 12.9. The second-order valence-corrected chi connectivity index (χ2v) is 8.14. The van der Waals surface area contributed by atoms with E-state index >= 15 is 0 Å². The van der Waals surface area contributed by atoms with E-state index in [1.54, 1.807) is 7.11 Å². The van der Waals surface area contributed by atoms with Gasteiger partial charge in [-0.15, -0.1) is 0 Å². The van der Waals surface area contributed by atoms with Crippen molar-refractivity contribution in [2.24, 2.45) is 0 Å². The fourth-order valence-corrected chi connectivity index (χ4v) is 4.46.